The number of benzene rings is 2. The molecule has 26 heavy (non-hydrogen) atoms. The molecule has 0 spiro atoms. The number of nitrogens with one attached hydrogen (secondary N) is 2. The highest BCUT2D eigenvalue weighted by Crippen LogP contribution is 2.26. The van der Waals surface area contributed by atoms with E-state index in [1.165, 1.54) is 0 Å². The summed E-state index contributed by atoms with van der Waals surface area (Å²) in [7, 11) is 1.66. The highest BCUT2D eigenvalue weighted by molar-refractivity contribution is 5.88. The summed E-state index contributed by atoms with van der Waals surface area (Å²) in [5.41, 5.74) is 0.988. The summed E-state index contributed by atoms with van der Waals surface area (Å²) in [4.78, 5) is 20.2. The number of carbonyl (C=O) groups excluding carboxylic acids is 1. The van der Waals surface area contributed by atoms with Crippen molar-refractivity contribution in [2.24, 2.45) is 5.92 Å². The first-order valence-electron chi connectivity index (χ1n) is 8.87. The maximum Gasteiger partial charge on any atom is 0.227 e. The molecule has 5 heteroatoms. The van der Waals surface area contributed by atoms with Gasteiger partial charge in [-0.05, 0) is 41.3 Å². The van der Waals surface area contributed by atoms with Gasteiger partial charge in [-0.15, -0.1) is 0 Å². The number of hydrogen-bond donors (Lipinski definition) is 2. The molecule has 1 heterocycles. The molecule has 0 unspecified atom stereocenters. The van der Waals surface area contributed by atoms with Gasteiger partial charge in [0, 0.05) is 12.4 Å². The molecular weight excluding hydrogens is 326 g/mol. The number of carbonyl (C=O) groups is 1. The van der Waals surface area contributed by atoms with Crippen LogP contribution < -0.4 is 10.1 Å². The summed E-state index contributed by atoms with van der Waals surface area (Å²) in [6, 6.07) is 11.9. The van der Waals surface area contributed by atoms with Gasteiger partial charge in [-0.3, -0.25) is 4.79 Å². The van der Waals surface area contributed by atoms with Crippen molar-refractivity contribution in [3.05, 3.63) is 60.2 Å². The van der Waals surface area contributed by atoms with Crippen LogP contribution in [0.5, 0.6) is 5.75 Å². The van der Waals surface area contributed by atoms with Gasteiger partial charge in [0.25, 0.3) is 0 Å². The summed E-state index contributed by atoms with van der Waals surface area (Å²) in [5, 5.41) is 5.32. The molecule has 0 aliphatic carbocycles. The second-order valence-electron chi connectivity index (χ2n) is 6.90. The predicted octanol–water partition coefficient (Wildman–Crippen LogP) is 4.19. The molecule has 0 radical (unpaired) electrons. The van der Waals surface area contributed by atoms with Crippen LogP contribution in [0.1, 0.15) is 44.1 Å². The fraction of sp³-hybridized carbons (Fsp3) is 0.333. The fourth-order valence-electron chi connectivity index (χ4n) is 3.07. The molecule has 0 saturated heterocycles. The van der Waals surface area contributed by atoms with Crippen LogP contribution in [0, 0.1) is 5.92 Å². The molecule has 0 bridgehead atoms. The number of rotatable bonds is 6. The second kappa shape index (κ2) is 7.60. The summed E-state index contributed by atoms with van der Waals surface area (Å²) in [6.07, 6.45) is 3.48. The van der Waals surface area contributed by atoms with Crippen LogP contribution >= 0.6 is 0 Å². The van der Waals surface area contributed by atoms with E-state index in [1.54, 1.807) is 19.5 Å². The third-order valence-corrected chi connectivity index (χ3v) is 4.74. The molecule has 0 fully saturated rings. The number of ether oxygens (including phenoxy) is 1. The van der Waals surface area contributed by atoms with Gasteiger partial charge in [0.05, 0.1) is 19.1 Å². The average molecular weight is 351 g/mol. The minimum absolute atomic E-state index is 0.00652. The Morgan fingerprint density at radius 2 is 1.85 bits per heavy atom. The quantitative estimate of drug-likeness (QED) is 0.700. The molecule has 0 aliphatic rings. The lowest BCUT2D eigenvalue weighted by Crippen LogP contribution is -2.35. The number of fused-ring (bicyclic) bond motifs is 1. The number of methoxy groups -OCH3 is 1. The molecule has 2 atom stereocenters. The van der Waals surface area contributed by atoms with Gasteiger partial charge in [0.2, 0.25) is 5.91 Å². The largest absolute Gasteiger partial charge is 0.497 e. The monoisotopic (exact) mass is 351 g/mol. The first-order chi connectivity index (χ1) is 12.5. The van der Waals surface area contributed by atoms with Crippen molar-refractivity contribution >= 4 is 16.7 Å². The Kier molecular flexibility index (Phi) is 5.26. The Hall–Kier alpha value is -2.82. The van der Waals surface area contributed by atoms with E-state index in [0.717, 1.165) is 27.9 Å². The molecule has 3 rings (SSSR count). The lowest BCUT2D eigenvalue weighted by atomic mass is 9.95. The van der Waals surface area contributed by atoms with Crippen molar-refractivity contribution in [3.8, 4) is 5.75 Å². The van der Waals surface area contributed by atoms with E-state index >= 15 is 0 Å². The summed E-state index contributed by atoms with van der Waals surface area (Å²) in [5.74, 6) is 1.59. The molecule has 136 valence electrons. The van der Waals surface area contributed by atoms with Crippen LogP contribution in [-0.2, 0) is 4.79 Å². The van der Waals surface area contributed by atoms with Crippen LogP contribution in [0.25, 0.3) is 10.8 Å². The van der Waals surface area contributed by atoms with Crippen molar-refractivity contribution in [1.29, 1.82) is 0 Å². The van der Waals surface area contributed by atoms with Crippen molar-refractivity contribution < 1.29 is 9.53 Å². The van der Waals surface area contributed by atoms with Gasteiger partial charge in [0.15, 0.2) is 0 Å². The van der Waals surface area contributed by atoms with Gasteiger partial charge in [-0.1, -0.05) is 38.1 Å². The number of aromatic amines is 1. The molecule has 0 saturated carbocycles. The SMILES string of the molecule is COc1ccc2cc([C@H](C)C(=O)N[C@@H](c3ncc[nH]3)C(C)C)ccc2c1. The van der Waals surface area contributed by atoms with Crippen molar-refractivity contribution in [2.75, 3.05) is 7.11 Å². The first kappa shape index (κ1) is 18.0. The minimum Gasteiger partial charge on any atom is -0.497 e. The lowest BCUT2D eigenvalue weighted by Gasteiger charge is -2.23. The molecular formula is C21H25N3O2. The highest BCUT2D eigenvalue weighted by Gasteiger charge is 2.24. The number of H-pyrrole nitrogens is 1. The third-order valence-electron chi connectivity index (χ3n) is 4.74. The molecule has 0 aliphatic heterocycles. The van der Waals surface area contributed by atoms with Crippen LogP contribution in [0.15, 0.2) is 48.8 Å². The smallest absolute Gasteiger partial charge is 0.227 e. The van der Waals surface area contributed by atoms with E-state index in [2.05, 4.69) is 35.2 Å². The second-order valence-corrected chi connectivity index (χ2v) is 6.90. The topological polar surface area (TPSA) is 67.0 Å². The van der Waals surface area contributed by atoms with E-state index in [1.807, 2.05) is 37.3 Å². The maximum atomic E-state index is 12.8. The summed E-state index contributed by atoms with van der Waals surface area (Å²) >= 11 is 0. The van der Waals surface area contributed by atoms with Crippen molar-refractivity contribution in [3.63, 3.8) is 0 Å². The Balaban J connectivity index is 1.80. The van der Waals surface area contributed by atoms with Crippen LogP contribution in [0.3, 0.4) is 0 Å². The van der Waals surface area contributed by atoms with Crippen LogP contribution in [0.2, 0.25) is 0 Å². The molecule has 1 aromatic heterocycles. The standard InChI is InChI=1S/C21H25N3O2/c1-13(2)19(20-22-9-10-23-20)24-21(25)14(3)15-5-6-17-12-18(26-4)8-7-16(17)11-15/h5-14,19H,1-4H3,(H,22,23)(H,24,25)/t14-,19+/m0/s1. The van der Waals surface area contributed by atoms with E-state index < -0.39 is 0 Å². The number of hydrogen-bond acceptors (Lipinski definition) is 3. The normalized spacial score (nSPS) is 13.6. The highest BCUT2D eigenvalue weighted by atomic mass is 16.5. The van der Waals surface area contributed by atoms with Gasteiger partial charge in [-0.25, -0.2) is 4.98 Å². The molecule has 3 aromatic rings. The number of amides is 1. The Morgan fingerprint density at radius 3 is 2.50 bits per heavy atom. The summed E-state index contributed by atoms with van der Waals surface area (Å²) < 4.78 is 5.27. The van der Waals surface area contributed by atoms with Gasteiger partial charge in [-0.2, -0.15) is 0 Å². The minimum atomic E-state index is -0.252. The van der Waals surface area contributed by atoms with Crippen molar-refractivity contribution in [2.45, 2.75) is 32.7 Å². The predicted molar refractivity (Wildman–Crippen MR) is 103 cm³/mol. The zero-order valence-corrected chi connectivity index (χ0v) is 15.6. The number of nitrogens with zero attached hydrogens (tertiary/aromatic N) is 1. The van der Waals surface area contributed by atoms with Gasteiger partial charge >= 0.3 is 0 Å². The number of imidazole rings is 1. The Bertz CT molecular complexity index is 887. The Morgan fingerprint density at radius 1 is 1.12 bits per heavy atom. The van der Waals surface area contributed by atoms with Crippen LogP contribution in [-0.4, -0.2) is 23.0 Å². The van der Waals surface area contributed by atoms with E-state index in [4.69, 9.17) is 4.74 Å². The molecule has 1 amide bonds. The van der Waals surface area contributed by atoms with Crippen LogP contribution in [0.4, 0.5) is 0 Å². The lowest BCUT2D eigenvalue weighted by molar-refractivity contribution is -0.123. The average Bonchev–Trinajstić information content (AvgIpc) is 3.18. The maximum absolute atomic E-state index is 12.8. The molecule has 2 aromatic carbocycles. The molecule has 5 nitrogen and oxygen atoms in total. The third kappa shape index (κ3) is 3.72. The Labute approximate surface area is 153 Å². The van der Waals surface area contributed by atoms with Gasteiger partial charge in [0.1, 0.15) is 11.6 Å². The zero-order chi connectivity index (χ0) is 18.7. The molecule has 2 N–H and O–H groups in total. The number of aromatic nitrogens is 2. The van der Waals surface area contributed by atoms with Gasteiger partial charge < -0.3 is 15.0 Å². The zero-order valence-electron chi connectivity index (χ0n) is 15.6. The fourth-order valence-corrected chi connectivity index (χ4v) is 3.07. The van der Waals surface area contributed by atoms with Crippen molar-refractivity contribution in [1.82, 2.24) is 15.3 Å². The first-order valence-corrected chi connectivity index (χ1v) is 8.87. The van der Waals surface area contributed by atoms with E-state index in [9.17, 15) is 4.79 Å². The van der Waals surface area contributed by atoms with E-state index in [0.29, 0.717) is 0 Å². The van der Waals surface area contributed by atoms with E-state index in [-0.39, 0.29) is 23.8 Å². The summed E-state index contributed by atoms with van der Waals surface area (Å²) in [6.45, 7) is 6.07.